The van der Waals surface area contributed by atoms with E-state index in [-0.39, 0.29) is 23.3 Å². The molecule has 182 valence electrons. The number of likely N-dealkylation sites (tertiary alicyclic amines) is 1. The molecule has 3 fully saturated rings. The molecule has 0 bridgehead atoms. The average molecular weight is 455 g/mol. The molecule has 4 rings (SSSR count). The number of benzene rings is 1. The molecule has 2 aliphatic carbocycles. The molecule has 5 nitrogen and oxygen atoms in total. The maximum Gasteiger partial charge on any atom is 0.225 e. The minimum atomic E-state index is 0.101. The molecule has 33 heavy (non-hydrogen) atoms. The zero-order chi connectivity index (χ0) is 23.8. The van der Waals surface area contributed by atoms with E-state index >= 15 is 0 Å². The van der Waals surface area contributed by atoms with E-state index in [9.17, 15) is 9.59 Å². The summed E-state index contributed by atoms with van der Waals surface area (Å²) in [6, 6.07) is 6.89. The van der Waals surface area contributed by atoms with E-state index in [1.54, 1.807) is 7.11 Å². The minimum Gasteiger partial charge on any atom is -0.496 e. The summed E-state index contributed by atoms with van der Waals surface area (Å²) in [5.41, 5.74) is 3.25. The highest BCUT2D eigenvalue weighted by molar-refractivity contribution is 5.81. The van der Waals surface area contributed by atoms with Crippen molar-refractivity contribution < 1.29 is 14.3 Å². The first kappa shape index (κ1) is 24.1. The third kappa shape index (κ3) is 5.07. The molecule has 2 saturated carbocycles. The SMILES string of the molecule is CCCC(=O)NC1CC(C(=O)N2CCC3(CC2)CC(c2cc(C(C)(C)C)ccc2OC)C3)C1. The van der Waals surface area contributed by atoms with Gasteiger partial charge in [-0.15, -0.1) is 0 Å². The fourth-order valence-electron chi connectivity index (χ4n) is 6.06. The standard InChI is InChI=1S/C28H42N2O3/c1-6-7-25(31)29-22-14-19(15-22)26(32)30-12-10-28(11-13-30)17-20(18-28)23-16-21(27(2,3)4)8-9-24(23)33-5/h8-9,16,19-20,22H,6-7,10-15,17-18H2,1-5H3,(H,29,31). The number of hydrogen-bond donors (Lipinski definition) is 1. The van der Waals surface area contributed by atoms with Crippen LogP contribution in [-0.2, 0) is 15.0 Å². The van der Waals surface area contributed by atoms with Gasteiger partial charge in [0.2, 0.25) is 11.8 Å². The van der Waals surface area contributed by atoms with Crippen LogP contribution in [0.2, 0.25) is 0 Å². The van der Waals surface area contributed by atoms with Gasteiger partial charge >= 0.3 is 0 Å². The molecular weight excluding hydrogens is 412 g/mol. The zero-order valence-electron chi connectivity index (χ0n) is 21.2. The normalized spacial score (nSPS) is 24.7. The highest BCUT2D eigenvalue weighted by atomic mass is 16.5. The van der Waals surface area contributed by atoms with Crippen molar-refractivity contribution in [1.82, 2.24) is 10.2 Å². The summed E-state index contributed by atoms with van der Waals surface area (Å²) < 4.78 is 5.71. The first-order chi connectivity index (χ1) is 15.6. The van der Waals surface area contributed by atoms with Crippen molar-refractivity contribution in [3.05, 3.63) is 29.3 Å². The molecule has 5 heteroatoms. The Morgan fingerprint density at radius 1 is 1.15 bits per heavy atom. The van der Waals surface area contributed by atoms with Gasteiger partial charge in [0.15, 0.2) is 0 Å². The van der Waals surface area contributed by atoms with E-state index < -0.39 is 0 Å². The first-order valence-electron chi connectivity index (χ1n) is 12.9. The number of ether oxygens (including phenoxy) is 1. The van der Waals surface area contributed by atoms with Crippen molar-refractivity contribution in [2.45, 2.75) is 96.4 Å². The maximum atomic E-state index is 13.0. The van der Waals surface area contributed by atoms with E-state index in [4.69, 9.17) is 4.74 Å². The Kier molecular flexibility index (Phi) is 6.80. The van der Waals surface area contributed by atoms with Crippen LogP contribution in [-0.4, -0.2) is 43.0 Å². The van der Waals surface area contributed by atoms with E-state index in [1.165, 1.54) is 24.0 Å². The molecule has 0 atom stereocenters. The Hall–Kier alpha value is -2.04. The quantitative estimate of drug-likeness (QED) is 0.645. The van der Waals surface area contributed by atoms with Crippen LogP contribution >= 0.6 is 0 Å². The largest absolute Gasteiger partial charge is 0.496 e. The maximum absolute atomic E-state index is 13.0. The molecule has 2 amide bonds. The lowest BCUT2D eigenvalue weighted by Crippen LogP contribution is -2.53. The van der Waals surface area contributed by atoms with E-state index in [0.717, 1.165) is 50.9 Å². The summed E-state index contributed by atoms with van der Waals surface area (Å²) in [6.07, 6.45) is 7.69. The summed E-state index contributed by atoms with van der Waals surface area (Å²) in [4.78, 5) is 26.8. The van der Waals surface area contributed by atoms with Crippen molar-refractivity contribution in [1.29, 1.82) is 0 Å². The van der Waals surface area contributed by atoms with Gasteiger partial charge in [0, 0.05) is 31.5 Å². The van der Waals surface area contributed by atoms with Gasteiger partial charge in [-0.2, -0.15) is 0 Å². The van der Waals surface area contributed by atoms with Crippen LogP contribution in [0.5, 0.6) is 5.75 Å². The molecule has 3 aliphatic rings. The van der Waals surface area contributed by atoms with Gasteiger partial charge in [0.1, 0.15) is 5.75 Å². The van der Waals surface area contributed by atoms with E-state index in [2.05, 4.69) is 49.2 Å². The molecule has 0 aromatic heterocycles. The number of rotatable bonds is 6. The van der Waals surface area contributed by atoms with Gasteiger partial charge in [0.25, 0.3) is 0 Å². The molecule has 1 spiro atoms. The first-order valence-corrected chi connectivity index (χ1v) is 12.9. The number of amides is 2. The van der Waals surface area contributed by atoms with Gasteiger partial charge in [-0.25, -0.2) is 0 Å². The molecule has 1 aliphatic heterocycles. The van der Waals surface area contributed by atoms with Crippen molar-refractivity contribution in [3.8, 4) is 5.75 Å². The van der Waals surface area contributed by atoms with Gasteiger partial charge in [-0.1, -0.05) is 39.8 Å². The predicted octanol–water partition coefficient (Wildman–Crippen LogP) is 5.17. The molecule has 1 aromatic rings. The lowest BCUT2D eigenvalue weighted by molar-refractivity contribution is -0.143. The predicted molar refractivity (Wildman–Crippen MR) is 131 cm³/mol. The van der Waals surface area contributed by atoms with Crippen LogP contribution in [0.25, 0.3) is 0 Å². The third-order valence-corrected chi connectivity index (χ3v) is 8.36. The number of carbonyl (C=O) groups excluding carboxylic acids is 2. The average Bonchev–Trinajstić information content (AvgIpc) is 2.73. The summed E-state index contributed by atoms with van der Waals surface area (Å²) in [7, 11) is 1.77. The molecule has 1 saturated heterocycles. The molecule has 1 aromatic carbocycles. The highest BCUT2D eigenvalue weighted by Gasteiger charge is 2.48. The highest BCUT2D eigenvalue weighted by Crippen LogP contribution is 2.58. The molecule has 1 N–H and O–H groups in total. The van der Waals surface area contributed by atoms with Gasteiger partial charge in [-0.3, -0.25) is 9.59 Å². The summed E-state index contributed by atoms with van der Waals surface area (Å²) in [5, 5.41) is 3.06. The van der Waals surface area contributed by atoms with Crippen LogP contribution in [0, 0.1) is 11.3 Å². The molecule has 0 unspecified atom stereocenters. The van der Waals surface area contributed by atoms with Crippen LogP contribution in [0.1, 0.15) is 96.1 Å². The van der Waals surface area contributed by atoms with Crippen molar-refractivity contribution in [3.63, 3.8) is 0 Å². The van der Waals surface area contributed by atoms with Gasteiger partial charge < -0.3 is 15.0 Å². The number of nitrogens with one attached hydrogen (secondary N) is 1. The molecular formula is C28H42N2O3. The Bertz CT molecular complexity index is 866. The monoisotopic (exact) mass is 454 g/mol. The van der Waals surface area contributed by atoms with E-state index in [1.807, 2.05) is 6.92 Å². The Balaban J connectivity index is 1.27. The van der Waals surface area contributed by atoms with Gasteiger partial charge in [-0.05, 0) is 78.9 Å². The summed E-state index contributed by atoms with van der Waals surface area (Å²) in [6.45, 7) is 10.6. The van der Waals surface area contributed by atoms with Crippen LogP contribution < -0.4 is 10.1 Å². The fraction of sp³-hybridized carbons (Fsp3) is 0.714. The lowest BCUT2D eigenvalue weighted by atomic mass is 9.55. The number of hydrogen-bond acceptors (Lipinski definition) is 3. The second-order valence-electron chi connectivity index (χ2n) is 11.8. The molecule has 1 heterocycles. The van der Waals surface area contributed by atoms with Crippen molar-refractivity contribution >= 4 is 11.8 Å². The topological polar surface area (TPSA) is 58.6 Å². The second kappa shape index (κ2) is 9.31. The van der Waals surface area contributed by atoms with Crippen molar-refractivity contribution in [2.24, 2.45) is 11.3 Å². The Morgan fingerprint density at radius 2 is 1.82 bits per heavy atom. The minimum absolute atomic E-state index is 0.101. The lowest BCUT2D eigenvalue weighted by Gasteiger charge is -2.53. The zero-order valence-corrected chi connectivity index (χ0v) is 21.2. The van der Waals surface area contributed by atoms with Crippen LogP contribution in [0.3, 0.4) is 0 Å². The van der Waals surface area contributed by atoms with E-state index in [0.29, 0.717) is 23.7 Å². The molecule has 0 radical (unpaired) electrons. The van der Waals surface area contributed by atoms with Gasteiger partial charge in [0.05, 0.1) is 7.11 Å². The Labute approximate surface area is 199 Å². The fourth-order valence-corrected chi connectivity index (χ4v) is 6.06. The number of carbonyl (C=O) groups is 2. The van der Waals surface area contributed by atoms with Crippen LogP contribution in [0.15, 0.2) is 18.2 Å². The number of methoxy groups -OCH3 is 1. The second-order valence-corrected chi connectivity index (χ2v) is 11.8. The van der Waals surface area contributed by atoms with Crippen molar-refractivity contribution in [2.75, 3.05) is 20.2 Å². The summed E-state index contributed by atoms with van der Waals surface area (Å²) >= 11 is 0. The van der Waals surface area contributed by atoms with Crippen LogP contribution in [0.4, 0.5) is 0 Å². The third-order valence-electron chi connectivity index (χ3n) is 8.36. The smallest absolute Gasteiger partial charge is 0.225 e. The number of piperidine rings is 1. The number of nitrogens with zero attached hydrogens (tertiary/aromatic N) is 1. The summed E-state index contributed by atoms with van der Waals surface area (Å²) in [5.74, 6) is 2.10. The Morgan fingerprint density at radius 3 is 2.39 bits per heavy atom.